The molecule has 0 aliphatic carbocycles. The second-order valence-electron chi connectivity index (χ2n) is 4.03. The highest BCUT2D eigenvalue weighted by Crippen LogP contribution is 2.24. The first-order valence-electron chi connectivity index (χ1n) is 5.76. The summed E-state index contributed by atoms with van der Waals surface area (Å²) in [6, 6.07) is 11.8. The minimum Gasteiger partial charge on any atom is -0.477 e. The summed E-state index contributed by atoms with van der Waals surface area (Å²) in [5.74, 6) is -1.11. The van der Waals surface area contributed by atoms with Gasteiger partial charge in [0.05, 0.1) is 5.39 Å². The summed E-state index contributed by atoms with van der Waals surface area (Å²) in [7, 11) is 0. The lowest BCUT2D eigenvalue weighted by Gasteiger charge is -2.02. The molecule has 0 radical (unpaired) electrons. The number of benzene rings is 1. The fourth-order valence-electron chi connectivity index (χ4n) is 1.79. The Kier molecular flexibility index (Phi) is 3.00. The average Bonchev–Trinajstić information content (AvgIpc) is 2.47. The van der Waals surface area contributed by atoms with Crippen LogP contribution < -0.4 is 5.56 Å². The molecule has 0 saturated carbocycles. The minimum absolute atomic E-state index is 0.0721. The van der Waals surface area contributed by atoms with E-state index in [1.807, 2.05) is 12.1 Å². The molecule has 2 heterocycles. The molecule has 3 rings (SSSR count). The second kappa shape index (κ2) is 4.82. The molecule has 0 spiro atoms. The van der Waals surface area contributed by atoms with Crippen LogP contribution in [-0.4, -0.2) is 21.0 Å². The van der Waals surface area contributed by atoms with Gasteiger partial charge in [0.25, 0.3) is 5.56 Å². The number of aromatic carboxylic acids is 1. The van der Waals surface area contributed by atoms with E-state index in [-0.39, 0.29) is 11.3 Å². The highest BCUT2D eigenvalue weighted by molar-refractivity contribution is 7.21. The Bertz CT molecular complexity index is 873. The number of carbonyl (C=O) groups is 1. The van der Waals surface area contributed by atoms with E-state index in [9.17, 15) is 9.59 Å². The highest BCUT2D eigenvalue weighted by atomic mass is 32.1. The Morgan fingerprint density at radius 1 is 1.05 bits per heavy atom. The van der Waals surface area contributed by atoms with E-state index in [0.29, 0.717) is 16.1 Å². The number of pyridine rings is 1. The van der Waals surface area contributed by atoms with E-state index in [4.69, 9.17) is 5.11 Å². The lowest BCUT2D eigenvalue weighted by molar-refractivity contribution is 0.0690. The van der Waals surface area contributed by atoms with Crippen LogP contribution in [-0.2, 0) is 0 Å². The van der Waals surface area contributed by atoms with Gasteiger partial charge in [-0.25, -0.2) is 9.78 Å². The summed E-state index contributed by atoms with van der Waals surface area (Å²) in [6.07, 6.45) is 0. The molecule has 20 heavy (non-hydrogen) atoms. The molecule has 3 aromatic rings. The van der Waals surface area contributed by atoms with Crippen LogP contribution in [0.2, 0.25) is 0 Å². The number of aromatic nitrogens is 2. The van der Waals surface area contributed by atoms with Gasteiger partial charge < -0.3 is 5.11 Å². The molecule has 0 bridgehead atoms. The van der Waals surface area contributed by atoms with Gasteiger partial charge in [-0.05, 0) is 24.3 Å². The summed E-state index contributed by atoms with van der Waals surface area (Å²) in [6.45, 7) is 0. The van der Waals surface area contributed by atoms with E-state index >= 15 is 0 Å². The largest absolute Gasteiger partial charge is 0.477 e. The topological polar surface area (TPSA) is 80.1 Å². The van der Waals surface area contributed by atoms with Crippen LogP contribution in [0.5, 0.6) is 0 Å². The molecule has 0 atom stereocenters. The lowest BCUT2D eigenvalue weighted by atomic mass is 10.3. The van der Waals surface area contributed by atoms with Crippen molar-refractivity contribution in [2.75, 3.05) is 0 Å². The molecule has 1 aromatic carbocycles. The summed E-state index contributed by atoms with van der Waals surface area (Å²) in [4.78, 5) is 30.8. The van der Waals surface area contributed by atoms with Gasteiger partial charge in [-0.1, -0.05) is 18.2 Å². The molecular weight excluding hydrogens is 276 g/mol. The number of nitrogens with zero attached hydrogens (tertiary/aromatic N) is 2. The van der Waals surface area contributed by atoms with Crippen molar-refractivity contribution in [1.82, 2.24) is 9.97 Å². The number of hydrogen-bond acceptors (Lipinski definition) is 5. The third kappa shape index (κ3) is 2.17. The summed E-state index contributed by atoms with van der Waals surface area (Å²) in [5, 5.41) is 9.91. The van der Waals surface area contributed by atoms with Crippen molar-refractivity contribution in [2.45, 2.75) is 0 Å². The zero-order chi connectivity index (χ0) is 14.1. The molecule has 98 valence electrons. The van der Waals surface area contributed by atoms with Crippen molar-refractivity contribution >= 4 is 27.4 Å². The van der Waals surface area contributed by atoms with Crippen molar-refractivity contribution in [3.05, 3.63) is 58.5 Å². The van der Waals surface area contributed by atoms with Gasteiger partial charge in [-0.15, -0.1) is 11.3 Å². The third-order valence-electron chi connectivity index (χ3n) is 2.71. The molecule has 0 aliphatic rings. The van der Waals surface area contributed by atoms with E-state index < -0.39 is 5.97 Å². The van der Waals surface area contributed by atoms with Crippen molar-refractivity contribution in [1.29, 1.82) is 0 Å². The molecule has 6 heteroatoms. The maximum atomic E-state index is 11.9. The Hall–Kier alpha value is -2.60. The Morgan fingerprint density at radius 3 is 2.65 bits per heavy atom. The summed E-state index contributed by atoms with van der Waals surface area (Å²) < 4.78 is 0.796. The van der Waals surface area contributed by atoms with Crippen LogP contribution in [0, 0.1) is 0 Å². The standard InChI is InChI=1S/C14H8N2O3S/c17-12-8-4-1-2-7-11(8)20-13(16-12)9-5-3-6-10(15-9)14(18)19/h1-7H,(H,18,19). The first-order valence-corrected chi connectivity index (χ1v) is 6.57. The maximum absolute atomic E-state index is 11.9. The number of carboxylic acid groups (broad SMARTS) is 1. The monoisotopic (exact) mass is 284 g/mol. The lowest BCUT2D eigenvalue weighted by Crippen LogP contribution is -2.07. The molecule has 0 saturated heterocycles. The van der Waals surface area contributed by atoms with Crippen LogP contribution in [0.15, 0.2) is 47.3 Å². The Balaban J connectivity index is 2.22. The van der Waals surface area contributed by atoms with Crippen LogP contribution in [0.4, 0.5) is 0 Å². The molecule has 0 amide bonds. The number of hydrogen-bond donors (Lipinski definition) is 1. The van der Waals surface area contributed by atoms with Crippen molar-refractivity contribution in [3.63, 3.8) is 0 Å². The summed E-state index contributed by atoms with van der Waals surface area (Å²) >= 11 is 1.31. The zero-order valence-electron chi connectivity index (χ0n) is 10.1. The molecular formula is C14H8N2O3S. The van der Waals surface area contributed by atoms with Gasteiger partial charge in [0.15, 0.2) is 0 Å². The summed E-state index contributed by atoms with van der Waals surface area (Å²) in [5.41, 5.74) is -0.0215. The van der Waals surface area contributed by atoms with Crippen molar-refractivity contribution < 1.29 is 9.90 Å². The number of rotatable bonds is 2. The van der Waals surface area contributed by atoms with Crippen molar-refractivity contribution in [2.24, 2.45) is 0 Å². The predicted octanol–water partition coefficient (Wildman–Crippen LogP) is 2.42. The quantitative estimate of drug-likeness (QED) is 0.781. The first-order chi connectivity index (χ1) is 9.65. The first kappa shape index (κ1) is 12.4. The van der Waals surface area contributed by atoms with Crippen LogP contribution in [0.25, 0.3) is 20.8 Å². The van der Waals surface area contributed by atoms with E-state index in [0.717, 1.165) is 4.70 Å². The van der Waals surface area contributed by atoms with Gasteiger partial charge in [0, 0.05) is 4.70 Å². The average molecular weight is 284 g/mol. The van der Waals surface area contributed by atoms with Gasteiger partial charge in [-0.3, -0.25) is 4.79 Å². The molecule has 0 aliphatic heterocycles. The van der Waals surface area contributed by atoms with Gasteiger partial charge in [-0.2, -0.15) is 4.98 Å². The fourth-order valence-corrected chi connectivity index (χ4v) is 2.76. The van der Waals surface area contributed by atoms with E-state index in [1.165, 1.54) is 17.4 Å². The van der Waals surface area contributed by atoms with Gasteiger partial charge in [0.2, 0.25) is 0 Å². The van der Waals surface area contributed by atoms with Crippen LogP contribution >= 0.6 is 11.3 Å². The van der Waals surface area contributed by atoms with Crippen LogP contribution in [0.1, 0.15) is 10.5 Å². The number of carboxylic acids is 1. The molecule has 1 N–H and O–H groups in total. The third-order valence-corrected chi connectivity index (χ3v) is 3.78. The van der Waals surface area contributed by atoms with Crippen molar-refractivity contribution in [3.8, 4) is 10.7 Å². The smallest absolute Gasteiger partial charge is 0.354 e. The SMILES string of the molecule is O=C(O)c1cccc(-c2nc(=O)c3ccccc3s2)n1. The minimum atomic E-state index is -1.11. The molecule has 5 nitrogen and oxygen atoms in total. The predicted molar refractivity (Wildman–Crippen MR) is 76.1 cm³/mol. The Labute approximate surface area is 117 Å². The second-order valence-corrected chi connectivity index (χ2v) is 5.06. The van der Waals surface area contributed by atoms with E-state index in [2.05, 4.69) is 9.97 Å². The normalized spacial score (nSPS) is 10.6. The van der Waals surface area contributed by atoms with Gasteiger partial charge >= 0.3 is 5.97 Å². The molecule has 0 unspecified atom stereocenters. The maximum Gasteiger partial charge on any atom is 0.354 e. The zero-order valence-corrected chi connectivity index (χ0v) is 10.9. The number of fused-ring (bicyclic) bond motifs is 1. The van der Waals surface area contributed by atoms with E-state index in [1.54, 1.807) is 24.3 Å². The van der Waals surface area contributed by atoms with Crippen LogP contribution in [0.3, 0.4) is 0 Å². The fraction of sp³-hybridized carbons (Fsp3) is 0. The highest BCUT2D eigenvalue weighted by Gasteiger charge is 2.10. The molecule has 2 aromatic heterocycles. The van der Waals surface area contributed by atoms with Gasteiger partial charge in [0.1, 0.15) is 16.4 Å². The molecule has 0 fully saturated rings. The Morgan fingerprint density at radius 2 is 1.85 bits per heavy atom.